The summed E-state index contributed by atoms with van der Waals surface area (Å²) in [4.78, 5) is 23.6. The maximum absolute atomic E-state index is 12.3. The van der Waals surface area contributed by atoms with Crippen LogP contribution in [0, 0.1) is 17.8 Å². The molecule has 2 fully saturated rings. The molecule has 0 aliphatic heterocycles. The van der Waals surface area contributed by atoms with E-state index in [-0.39, 0.29) is 18.4 Å². The smallest absolute Gasteiger partial charge is 0.307 e. The first-order valence-electron chi connectivity index (χ1n) is 7.13. The first-order valence-corrected chi connectivity index (χ1v) is 7.13. The lowest BCUT2D eigenvalue weighted by Gasteiger charge is -2.30. The zero-order valence-electron chi connectivity index (χ0n) is 11.4. The predicted molar refractivity (Wildman–Crippen MR) is 69.4 cm³/mol. The van der Waals surface area contributed by atoms with E-state index in [1.165, 1.54) is 0 Å². The van der Waals surface area contributed by atoms with Gasteiger partial charge in [-0.1, -0.05) is 19.8 Å². The Labute approximate surface area is 113 Å². The molecule has 2 aliphatic carbocycles. The Kier molecular flexibility index (Phi) is 4.13. The number of aliphatic hydroxyl groups is 1. The van der Waals surface area contributed by atoms with Crippen molar-refractivity contribution in [2.45, 2.75) is 51.0 Å². The number of aliphatic hydroxyl groups excluding tert-OH is 1. The molecule has 0 bridgehead atoms. The normalized spacial score (nSPS) is 33.3. The van der Waals surface area contributed by atoms with Gasteiger partial charge in [0, 0.05) is 0 Å². The number of nitrogens with one attached hydrogen (secondary N) is 1. The largest absolute Gasteiger partial charge is 0.481 e. The van der Waals surface area contributed by atoms with Crippen molar-refractivity contribution >= 4 is 11.9 Å². The van der Waals surface area contributed by atoms with Crippen molar-refractivity contribution in [1.29, 1.82) is 0 Å². The average Bonchev–Trinajstić information content (AvgIpc) is 2.96. The van der Waals surface area contributed by atoms with Crippen LogP contribution in [0.15, 0.2) is 0 Å². The molecule has 0 saturated heterocycles. The second-order valence-electron chi connectivity index (χ2n) is 6.26. The molecule has 3 unspecified atom stereocenters. The highest BCUT2D eigenvalue weighted by Crippen LogP contribution is 2.38. The van der Waals surface area contributed by atoms with E-state index in [0.29, 0.717) is 12.8 Å². The van der Waals surface area contributed by atoms with Crippen LogP contribution in [0.2, 0.25) is 0 Å². The number of carbonyl (C=O) groups excluding carboxylic acids is 1. The maximum Gasteiger partial charge on any atom is 0.307 e. The van der Waals surface area contributed by atoms with Gasteiger partial charge in [-0.05, 0) is 31.6 Å². The van der Waals surface area contributed by atoms with Crippen molar-refractivity contribution in [2.75, 3.05) is 6.61 Å². The molecular formula is C14H23NO4. The van der Waals surface area contributed by atoms with Gasteiger partial charge in [0.2, 0.25) is 5.91 Å². The van der Waals surface area contributed by atoms with E-state index in [9.17, 15) is 19.8 Å². The predicted octanol–water partition coefficient (Wildman–Crippen LogP) is 1.15. The molecule has 5 nitrogen and oxygen atoms in total. The molecule has 0 aromatic carbocycles. The summed E-state index contributed by atoms with van der Waals surface area (Å²) in [5, 5.41) is 21.6. The van der Waals surface area contributed by atoms with Crippen molar-refractivity contribution in [1.82, 2.24) is 5.32 Å². The fourth-order valence-electron chi connectivity index (χ4n) is 3.58. The molecule has 2 aliphatic rings. The summed E-state index contributed by atoms with van der Waals surface area (Å²) in [5.41, 5.74) is -0.508. The van der Waals surface area contributed by atoms with E-state index >= 15 is 0 Å². The molecule has 2 rings (SSSR count). The highest BCUT2D eigenvalue weighted by molar-refractivity contribution is 5.85. The van der Waals surface area contributed by atoms with Crippen LogP contribution >= 0.6 is 0 Å². The molecule has 108 valence electrons. The minimum absolute atomic E-state index is 0.0568. The second-order valence-corrected chi connectivity index (χ2v) is 6.26. The fraction of sp³-hybridized carbons (Fsp3) is 0.857. The lowest BCUT2D eigenvalue weighted by Crippen LogP contribution is -2.52. The summed E-state index contributed by atoms with van der Waals surface area (Å²) in [7, 11) is 0. The van der Waals surface area contributed by atoms with Gasteiger partial charge in [-0.25, -0.2) is 0 Å². The highest BCUT2D eigenvalue weighted by Gasteiger charge is 2.44. The van der Waals surface area contributed by atoms with Crippen LogP contribution in [-0.2, 0) is 9.59 Å². The lowest BCUT2D eigenvalue weighted by atomic mass is 9.92. The van der Waals surface area contributed by atoms with Gasteiger partial charge in [-0.2, -0.15) is 0 Å². The van der Waals surface area contributed by atoms with Crippen molar-refractivity contribution < 1.29 is 19.8 Å². The summed E-state index contributed by atoms with van der Waals surface area (Å²) in [6.45, 7) is 1.93. The van der Waals surface area contributed by atoms with Crippen LogP contribution < -0.4 is 5.32 Å². The van der Waals surface area contributed by atoms with E-state index in [1.807, 2.05) is 6.92 Å². The van der Waals surface area contributed by atoms with Gasteiger partial charge < -0.3 is 15.5 Å². The van der Waals surface area contributed by atoms with Crippen LogP contribution in [-0.4, -0.2) is 34.2 Å². The highest BCUT2D eigenvalue weighted by atomic mass is 16.4. The SMILES string of the molecule is CC1CC(C(=O)O)C(C(=O)NC2(CO)CCCC2)C1. The summed E-state index contributed by atoms with van der Waals surface area (Å²) < 4.78 is 0. The number of carboxylic acids is 1. The third-order valence-corrected chi connectivity index (χ3v) is 4.70. The molecule has 19 heavy (non-hydrogen) atoms. The van der Waals surface area contributed by atoms with E-state index in [1.54, 1.807) is 0 Å². The summed E-state index contributed by atoms with van der Waals surface area (Å²) >= 11 is 0. The summed E-state index contributed by atoms with van der Waals surface area (Å²) in [6.07, 6.45) is 4.78. The summed E-state index contributed by atoms with van der Waals surface area (Å²) in [6, 6.07) is 0. The molecule has 0 spiro atoms. The minimum atomic E-state index is -0.881. The third kappa shape index (κ3) is 2.91. The van der Waals surface area contributed by atoms with Crippen LogP contribution in [0.25, 0.3) is 0 Å². The van der Waals surface area contributed by atoms with Crippen LogP contribution in [0.1, 0.15) is 45.4 Å². The van der Waals surface area contributed by atoms with Crippen LogP contribution in [0.5, 0.6) is 0 Å². The number of carboxylic acid groups (broad SMARTS) is 1. The number of carbonyl (C=O) groups is 2. The number of rotatable bonds is 4. The molecule has 3 N–H and O–H groups in total. The molecule has 0 aromatic rings. The third-order valence-electron chi connectivity index (χ3n) is 4.70. The van der Waals surface area contributed by atoms with Crippen molar-refractivity contribution in [3.63, 3.8) is 0 Å². The van der Waals surface area contributed by atoms with Crippen molar-refractivity contribution in [2.24, 2.45) is 17.8 Å². The maximum atomic E-state index is 12.3. The first kappa shape index (κ1) is 14.3. The standard InChI is InChI=1S/C14H23NO4/c1-9-6-10(11(7-9)13(18)19)12(17)15-14(8-16)4-2-3-5-14/h9-11,16H,2-8H2,1H3,(H,15,17)(H,18,19). The number of hydrogen-bond acceptors (Lipinski definition) is 3. The Morgan fingerprint density at radius 2 is 1.79 bits per heavy atom. The Bertz CT molecular complexity index is 362. The van der Waals surface area contributed by atoms with Crippen molar-refractivity contribution in [3.05, 3.63) is 0 Å². The Morgan fingerprint density at radius 3 is 2.32 bits per heavy atom. The van der Waals surface area contributed by atoms with E-state index in [0.717, 1.165) is 25.7 Å². The number of hydrogen-bond donors (Lipinski definition) is 3. The summed E-state index contributed by atoms with van der Waals surface area (Å²) in [5.74, 6) is -1.82. The van der Waals surface area contributed by atoms with Gasteiger partial charge in [-0.15, -0.1) is 0 Å². The Morgan fingerprint density at radius 1 is 1.21 bits per heavy atom. The topological polar surface area (TPSA) is 86.6 Å². The van der Waals surface area contributed by atoms with Gasteiger partial charge in [-0.3, -0.25) is 9.59 Å². The second kappa shape index (κ2) is 5.49. The molecule has 0 aromatic heterocycles. The first-order chi connectivity index (χ1) is 8.97. The molecular weight excluding hydrogens is 246 g/mol. The van der Waals surface area contributed by atoms with Gasteiger partial charge in [0.15, 0.2) is 0 Å². The van der Waals surface area contributed by atoms with Crippen LogP contribution in [0.4, 0.5) is 0 Å². The quantitative estimate of drug-likeness (QED) is 0.714. The van der Waals surface area contributed by atoms with E-state index in [2.05, 4.69) is 5.32 Å². The molecule has 2 saturated carbocycles. The van der Waals surface area contributed by atoms with Crippen molar-refractivity contribution in [3.8, 4) is 0 Å². The Hall–Kier alpha value is -1.10. The molecule has 5 heteroatoms. The van der Waals surface area contributed by atoms with Gasteiger partial charge in [0.05, 0.1) is 24.0 Å². The molecule has 1 amide bonds. The van der Waals surface area contributed by atoms with Gasteiger partial charge >= 0.3 is 5.97 Å². The van der Waals surface area contributed by atoms with Crippen LogP contribution in [0.3, 0.4) is 0 Å². The molecule has 0 heterocycles. The molecule has 3 atom stereocenters. The zero-order chi connectivity index (χ0) is 14.0. The fourth-order valence-corrected chi connectivity index (χ4v) is 3.58. The average molecular weight is 269 g/mol. The number of aliphatic carboxylic acids is 1. The van der Waals surface area contributed by atoms with Gasteiger partial charge in [0.1, 0.15) is 0 Å². The molecule has 0 radical (unpaired) electrons. The van der Waals surface area contributed by atoms with Gasteiger partial charge in [0.25, 0.3) is 0 Å². The minimum Gasteiger partial charge on any atom is -0.481 e. The van der Waals surface area contributed by atoms with E-state index < -0.39 is 23.3 Å². The lowest BCUT2D eigenvalue weighted by molar-refractivity contribution is -0.146. The van der Waals surface area contributed by atoms with E-state index in [4.69, 9.17) is 0 Å². The Balaban J connectivity index is 2.04. The number of amides is 1. The zero-order valence-corrected chi connectivity index (χ0v) is 11.4. The monoisotopic (exact) mass is 269 g/mol.